The predicted octanol–water partition coefficient (Wildman–Crippen LogP) is 4.55. The highest BCUT2D eigenvalue weighted by atomic mass is 16.6. The van der Waals surface area contributed by atoms with Gasteiger partial charge >= 0.3 is 6.09 Å². The number of ether oxygens (including phenoxy) is 2. The van der Waals surface area contributed by atoms with E-state index in [0.717, 1.165) is 16.9 Å². The van der Waals surface area contributed by atoms with Crippen LogP contribution >= 0.6 is 0 Å². The van der Waals surface area contributed by atoms with Crippen LogP contribution in [-0.4, -0.2) is 64.0 Å². The number of anilines is 1. The molecular weight excluding hydrogens is 458 g/mol. The van der Waals surface area contributed by atoms with Crippen molar-refractivity contribution in [3.63, 3.8) is 0 Å². The Labute approximate surface area is 211 Å². The number of carbonyl (C=O) groups excluding carboxylic acids is 2. The molecule has 1 aliphatic rings. The van der Waals surface area contributed by atoms with E-state index < -0.39 is 17.1 Å². The zero-order valence-corrected chi connectivity index (χ0v) is 21.7. The first-order chi connectivity index (χ1) is 17.0. The molecule has 0 saturated carbocycles. The molecule has 1 aliphatic heterocycles. The second-order valence-electron chi connectivity index (χ2n) is 10.5. The van der Waals surface area contributed by atoms with Crippen LogP contribution in [0.5, 0.6) is 5.88 Å². The maximum absolute atomic E-state index is 13.7. The van der Waals surface area contributed by atoms with Gasteiger partial charge in [0.15, 0.2) is 5.82 Å². The lowest BCUT2D eigenvalue weighted by Gasteiger charge is -2.30. The lowest BCUT2D eigenvalue weighted by Crippen LogP contribution is -2.44. The van der Waals surface area contributed by atoms with Gasteiger partial charge in [0.1, 0.15) is 5.60 Å². The smallest absolute Gasteiger partial charge is 0.410 e. The monoisotopic (exact) mass is 491 g/mol. The number of nitrogens with zero attached hydrogens (tertiary/aromatic N) is 5. The molecule has 0 radical (unpaired) electrons. The average molecular weight is 492 g/mol. The SMILES string of the molecule is COc1ccc(-n2nc(N3CCN(C(=O)OC(C)(C)C)CC(C)(C)C3=O)cc2-c2ccccc2)cn1. The normalized spacial score (nSPS) is 16.0. The summed E-state index contributed by atoms with van der Waals surface area (Å²) in [5.74, 6) is 0.901. The molecule has 9 nitrogen and oxygen atoms in total. The van der Waals surface area contributed by atoms with E-state index in [1.165, 1.54) is 0 Å². The summed E-state index contributed by atoms with van der Waals surface area (Å²) in [5, 5.41) is 4.83. The number of benzene rings is 1. The minimum atomic E-state index is -0.828. The minimum absolute atomic E-state index is 0.106. The van der Waals surface area contributed by atoms with E-state index in [1.54, 1.807) is 33.9 Å². The Morgan fingerprint density at radius 2 is 1.78 bits per heavy atom. The fourth-order valence-electron chi connectivity index (χ4n) is 4.14. The van der Waals surface area contributed by atoms with Gasteiger partial charge in [-0.05, 0) is 40.7 Å². The van der Waals surface area contributed by atoms with Gasteiger partial charge < -0.3 is 14.4 Å². The summed E-state index contributed by atoms with van der Waals surface area (Å²) in [6.45, 7) is 10.1. The molecule has 3 aromatic rings. The van der Waals surface area contributed by atoms with Gasteiger partial charge in [-0.1, -0.05) is 30.3 Å². The van der Waals surface area contributed by atoms with Gasteiger partial charge in [-0.2, -0.15) is 0 Å². The van der Waals surface area contributed by atoms with Crippen molar-refractivity contribution in [2.75, 3.05) is 31.6 Å². The van der Waals surface area contributed by atoms with Crippen LogP contribution in [-0.2, 0) is 9.53 Å². The Morgan fingerprint density at radius 1 is 1.06 bits per heavy atom. The first-order valence-electron chi connectivity index (χ1n) is 11.9. The van der Waals surface area contributed by atoms with Crippen LogP contribution in [0.15, 0.2) is 54.7 Å². The molecule has 0 spiro atoms. The van der Waals surface area contributed by atoms with E-state index in [2.05, 4.69) is 4.98 Å². The van der Waals surface area contributed by atoms with E-state index in [9.17, 15) is 9.59 Å². The molecule has 0 unspecified atom stereocenters. The number of aromatic nitrogens is 3. The van der Waals surface area contributed by atoms with Crippen LogP contribution in [0.25, 0.3) is 16.9 Å². The number of hydrogen-bond donors (Lipinski definition) is 0. The van der Waals surface area contributed by atoms with E-state index in [1.807, 2.05) is 77.1 Å². The lowest BCUT2D eigenvalue weighted by molar-refractivity contribution is -0.126. The number of carbonyl (C=O) groups is 2. The quantitative estimate of drug-likeness (QED) is 0.532. The molecule has 2 aromatic heterocycles. The highest BCUT2D eigenvalue weighted by Gasteiger charge is 2.41. The fraction of sp³-hybridized carbons (Fsp3) is 0.407. The summed E-state index contributed by atoms with van der Waals surface area (Å²) in [4.78, 5) is 34.1. The number of hydrogen-bond acceptors (Lipinski definition) is 6. The summed E-state index contributed by atoms with van der Waals surface area (Å²) in [5.41, 5.74) is 1.05. The topological polar surface area (TPSA) is 89.8 Å². The van der Waals surface area contributed by atoms with Crippen molar-refractivity contribution in [1.82, 2.24) is 19.7 Å². The van der Waals surface area contributed by atoms with Crippen molar-refractivity contribution < 1.29 is 19.1 Å². The summed E-state index contributed by atoms with van der Waals surface area (Å²) < 4.78 is 12.5. The van der Waals surface area contributed by atoms with E-state index >= 15 is 0 Å². The minimum Gasteiger partial charge on any atom is -0.481 e. The second-order valence-corrected chi connectivity index (χ2v) is 10.5. The molecule has 36 heavy (non-hydrogen) atoms. The molecule has 1 fully saturated rings. The van der Waals surface area contributed by atoms with Crippen LogP contribution < -0.4 is 9.64 Å². The summed E-state index contributed by atoms with van der Waals surface area (Å²) >= 11 is 0. The van der Waals surface area contributed by atoms with Gasteiger partial charge in [-0.15, -0.1) is 5.10 Å². The third-order valence-electron chi connectivity index (χ3n) is 5.87. The molecule has 1 aromatic carbocycles. The second kappa shape index (κ2) is 9.64. The van der Waals surface area contributed by atoms with Gasteiger partial charge in [0.2, 0.25) is 11.8 Å². The van der Waals surface area contributed by atoms with E-state index in [0.29, 0.717) is 24.8 Å². The number of rotatable bonds is 4. The van der Waals surface area contributed by atoms with Crippen LogP contribution in [0.4, 0.5) is 10.6 Å². The molecule has 9 heteroatoms. The van der Waals surface area contributed by atoms with E-state index in [4.69, 9.17) is 14.6 Å². The van der Waals surface area contributed by atoms with Gasteiger partial charge in [-0.25, -0.2) is 14.5 Å². The largest absolute Gasteiger partial charge is 0.481 e. The first-order valence-corrected chi connectivity index (χ1v) is 11.9. The average Bonchev–Trinajstić information content (AvgIpc) is 3.23. The molecule has 0 N–H and O–H groups in total. The lowest BCUT2D eigenvalue weighted by atomic mass is 9.91. The molecule has 2 amide bonds. The number of pyridine rings is 1. The van der Waals surface area contributed by atoms with Gasteiger partial charge in [0, 0.05) is 37.3 Å². The third kappa shape index (κ3) is 5.35. The molecule has 0 aliphatic carbocycles. The molecule has 3 heterocycles. The zero-order valence-electron chi connectivity index (χ0n) is 21.7. The molecule has 0 atom stereocenters. The van der Waals surface area contributed by atoms with Crippen LogP contribution in [0, 0.1) is 5.41 Å². The summed E-state index contributed by atoms with van der Waals surface area (Å²) in [6, 6.07) is 15.4. The zero-order chi connectivity index (χ0) is 26.1. The van der Waals surface area contributed by atoms with Crippen LogP contribution in [0.1, 0.15) is 34.6 Å². The number of amides is 2. The Kier molecular flexibility index (Phi) is 6.75. The van der Waals surface area contributed by atoms with Crippen molar-refractivity contribution in [2.24, 2.45) is 5.41 Å². The van der Waals surface area contributed by atoms with Gasteiger partial charge in [0.05, 0.1) is 30.1 Å². The van der Waals surface area contributed by atoms with Crippen molar-refractivity contribution in [1.29, 1.82) is 0 Å². The summed E-state index contributed by atoms with van der Waals surface area (Å²) in [7, 11) is 1.57. The first kappa shape index (κ1) is 25.2. The molecular formula is C27H33N5O4. The molecule has 0 bridgehead atoms. The van der Waals surface area contributed by atoms with Gasteiger partial charge in [0.25, 0.3) is 0 Å². The highest BCUT2D eigenvalue weighted by molar-refractivity contribution is 5.97. The van der Waals surface area contributed by atoms with Crippen LogP contribution in [0.2, 0.25) is 0 Å². The van der Waals surface area contributed by atoms with Gasteiger partial charge in [-0.3, -0.25) is 9.69 Å². The van der Waals surface area contributed by atoms with E-state index in [-0.39, 0.29) is 12.5 Å². The third-order valence-corrected chi connectivity index (χ3v) is 5.87. The van der Waals surface area contributed by atoms with Crippen molar-refractivity contribution in [3.8, 4) is 22.8 Å². The Bertz CT molecular complexity index is 1230. The molecule has 4 rings (SSSR count). The Morgan fingerprint density at radius 3 is 2.39 bits per heavy atom. The van der Waals surface area contributed by atoms with Crippen LogP contribution in [0.3, 0.4) is 0 Å². The van der Waals surface area contributed by atoms with Crippen molar-refractivity contribution in [2.45, 2.75) is 40.2 Å². The Hall–Kier alpha value is -3.88. The number of methoxy groups -OCH3 is 1. The molecule has 190 valence electrons. The van der Waals surface area contributed by atoms with Crippen molar-refractivity contribution >= 4 is 17.8 Å². The highest BCUT2D eigenvalue weighted by Crippen LogP contribution is 2.32. The molecule has 1 saturated heterocycles. The standard InChI is InChI=1S/C27H33N5O4/c1-26(2,3)36-25(34)30-14-15-31(24(33)27(4,5)18-30)22-16-21(19-10-8-7-9-11-19)32(29-22)20-12-13-23(35-6)28-17-20/h7-13,16-17H,14-15,18H2,1-6H3. The predicted molar refractivity (Wildman–Crippen MR) is 137 cm³/mol. The van der Waals surface area contributed by atoms with Crippen molar-refractivity contribution in [3.05, 3.63) is 54.7 Å². The summed E-state index contributed by atoms with van der Waals surface area (Å²) in [6.07, 6.45) is 1.26. The maximum atomic E-state index is 13.7. The fourth-order valence-corrected chi connectivity index (χ4v) is 4.14. The Balaban J connectivity index is 1.72. The maximum Gasteiger partial charge on any atom is 0.410 e.